The fraction of sp³-hybridized carbons (Fsp3) is 0.640. The highest BCUT2D eigenvalue weighted by molar-refractivity contribution is 5.72. The molecule has 0 aromatic rings. The first-order chi connectivity index (χ1) is 40.0. The first kappa shape index (κ1) is 76.3. The number of allylic oxidation sites excluding steroid dienone is 23. The van der Waals surface area contributed by atoms with E-state index in [0.29, 0.717) is 12.8 Å². The van der Waals surface area contributed by atoms with Crippen LogP contribution in [0.1, 0.15) is 290 Å². The standard InChI is InChI=1S/C75H122O6/c1-4-7-10-13-16-19-22-25-28-30-32-34-36-37-39-40-42-44-47-50-53-56-59-62-65-68-74(77)80-71-72(70-79-73(76)67-64-61-58-55-52-49-46-27-24-21-18-15-12-9-6-3)81-75(78)69-66-63-60-57-54-51-48-45-43-41-38-35-33-31-29-26-23-20-17-14-11-8-5-2/h7,9-10,12,16,18-19,21,25,27-28,31-34,37,39,42,44,46,52,55,61,64,72H,4-6,8,11,13-15,17,20,22-24,26,29-30,35-36,38,40-41,43,45,47-51,53-54,56-60,62-63,65-71H2,1-3H3/b10-7-,12-9-,19-16-,21-18-,28-25-,33-31-,34-32-,39-37-,44-42-,46-27-,55-52-,64-61-. The van der Waals surface area contributed by atoms with E-state index < -0.39 is 12.1 Å². The van der Waals surface area contributed by atoms with Gasteiger partial charge in [-0.15, -0.1) is 0 Å². The molecule has 0 bridgehead atoms. The topological polar surface area (TPSA) is 78.9 Å². The number of hydrogen-bond donors (Lipinski definition) is 0. The van der Waals surface area contributed by atoms with E-state index in [2.05, 4.69) is 154 Å². The van der Waals surface area contributed by atoms with Crippen molar-refractivity contribution in [3.63, 3.8) is 0 Å². The summed E-state index contributed by atoms with van der Waals surface area (Å²) in [5.74, 6) is -1.07. The molecule has 0 saturated carbocycles. The van der Waals surface area contributed by atoms with Gasteiger partial charge >= 0.3 is 17.9 Å². The van der Waals surface area contributed by atoms with Crippen molar-refractivity contribution in [1.82, 2.24) is 0 Å². The van der Waals surface area contributed by atoms with Crippen LogP contribution in [0.25, 0.3) is 0 Å². The van der Waals surface area contributed by atoms with Gasteiger partial charge in [0.05, 0.1) is 6.42 Å². The molecule has 0 amide bonds. The van der Waals surface area contributed by atoms with Crippen molar-refractivity contribution < 1.29 is 28.6 Å². The molecule has 0 radical (unpaired) electrons. The van der Waals surface area contributed by atoms with Crippen LogP contribution in [0.15, 0.2) is 146 Å². The first-order valence-electron chi connectivity index (χ1n) is 33.3. The van der Waals surface area contributed by atoms with E-state index >= 15 is 0 Å². The van der Waals surface area contributed by atoms with Crippen LogP contribution in [0.3, 0.4) is 0 Å². The number of ether oxygens (including phenoxy) is 3. The Labute approximate surface area is 499 Å². The molecular weight excluding hydrogens is 997 g/mol. The average molecular weight is 1120 g/mol. The van der Waals surface area contributed by atoms with Crippen LogP contribution in [0.4, 0.5) is 0 Å². The van der Waals surface area contributed by atoms with Crippen LogP contribution in [0.5, 0.6) is 0 Å². The summed E-state index contributed by atoms with van der Waals surface area (Å²) in [6, 6.07) is 0. The summed E-state index contributed by atoms with van der Waals surface area (Å²) in [4.78, 5) is 38.3. The Morgan fingerprint density at radius 2 is 0.531 bits per heavy atom. The molecule has 0 heterocycles. The average Bonchev–Trinajstić information content (AvgIpc) is 3.47. The zero-order chi connectivity index (χ0) is 58.5. The van der Waals surface area contributed by atoms with Crippen molar-refractivity contribution in [2.24, 2.45) is 0 Å². The molecule has 458 valence electrons. The van der Waals surface area contributed by atoms with Crippen molar-refractivity contribution in [2.75, 3.05) is 13.2 Å². The lowest BCUT2D eigenvalue weighted by atomic mass is 10.0. The van der Waals surface area contributed by atoms with Crippen LogP contribution < -0.4 is 0 Å². The molecule has 1 unspecified atom stereocenters. The molecule has 0 aromatic carbocycles. The Hall–Kier alpha value is -4.71. The fourth-order valence-electron chi connectivity index (χ4n) is 8.93. The van der Waals surface area contributed by atoms with Crippen LogP contribution in [-0.2, 0) is 28.6 Å². The molecule has 1 atom stereocenters. The van der Waals surface area contributed by atoms with E-state index in [-0.39, 0.29) is 31.6 Å². The number of carbonyl (C=O) groups excluding carboxylic acids is 3. The molecule has 0 aromatic heterocycles. The van der Waals surface area contributed by atoms with Gasteiger partial charge in [0.15, 0.2) is 6.10 Å². The van der Waals surface area contributed by atoms with Gasteiger partial charge in [0, 0.05) is 12.8 Å². The number of carbonyl (C=O) groups is 3. The third-order valence-electron chi connectivity index (χ3n) is 13.8. The molecule has 0 spiro atoms. The highest BCUT2D eigenvalue weighted by Gasteiger charge is 2.19. The number of hydrogen-bond acceptors (Lipinski definition) is 6. The van der Waals surface area contributed by atoms with Gasteiger partial charge in [0.25, 0.3) is 0 Å². The van der Waals surface area contributed by atoms with Crippen molar-refractivity contribution in [3.05, 3.63) is 146 Å². The Morgan fingerprint density at radius 3 is 0.877 bits per heavy atom. The zero-order valence-corrected chi connectivity index (χ0v) is 52.5. The summed E-state index contributed by atoms with van der Waals surface area (Å²) in [6.45, 7) is 6.32. The number of esters is 3. The first-order valence-corrected chi connectivity index (χ1v) is 33.3. The van der Waals surface area contributed by atoms with Crippen molar-refractivity contribution in [3.8, 4) is 0 Å². The minimum Gasteiger partial charge on any atom is -0.462 e. The summed E-state index contributed by atoms with van der Waals surface area (Å²) in [6.07, 6.45) is 97.4. The maximum absolute atomic E-state index is 12.9. The summed E-state index contributed by atoms with van der Waals surface area (Å²) in [5, 5.41) is 0. The quantitative estimate of drug-likeness (QED) is 0.0261. The maximum atomic E-state index is 12.9. The second-order valence-electron chi connectivity index (χ2n) is 21.6. The normalized spacial score (nSPS) is 13.1. The second kappa shape index (κ2) is 67.8. The zero-order valence-electron chi connectivity index (χ0n) is 52.5. The lowest BCUT2D eigenvalue weighted by Crippen LogP contribution is -2.30. The second-order valence-corrected chi connectivity index (χ2v) is 21.6. The summed E-state index contributed by atoms with van der Waals surface area (Å²) in [5.41, 5.74) is 0. The Balaban J connectivity index is 4.46. The van der Waals surface area contributed by atoms with E-state index in [4.69, 9.17) is 14.2 Å². The lowest BCUT2D eigenvalue weighted by molar-refractivity contribution is -0.166. The van der Waals surface area contributed by atoms with Gasteiger partial charge in [-0.2, -0.15) is 0 Å². The van der Waals surface area contributed by atoms with Gasteiger partial charge < -0.3 is 14.2 Å². The Morgan fingerprint density at radius 1 is 0.272 bits per heavy atom. The maximum Gasteiger partial charge on any atom is 0.309 e. The van der Waals surface area contributed by atoms with Gasteiger partial charge in [-0.3, -0.25) is 14.4 Å². The smallest absolute Gasteiger partial charge is 0.309 e. The molecule has 0 N–H and O–H groups in total. The van der Waals surface area contributed by atoms with Gasteiger partial charge in [0.1, 0.15) is 13.2 Å². The summed E-state index contributed by atoms with van der Waals surface area (Å²) < 4.78 is 16.8. The third kappa shape index (κ3) is 66.0. The van der Waals surface area contributed by atoms with E-state index in [1.165, 1.54) is 128 Å². The van der Waals surface area contributed by atoms with Gasteiger partial charge in [-0.25, -0.2) is 0 Å². The van der Waals surface area contributed by atoms with Crippen LogP contribution in [-0.4, -0.2) is 37.2 Å². The van der Waals surface area contributed by atoms with E-state index in [9.17, 15) is 14.4 Å². The molecule has 6 nitrogen and oxygen atoms in total. The SMILES string of the molecule is CC/C=C\C/C=C\C/C=C\C/C=C\C/C=C\C/C=C\CCCCCCCCC(=O)OCC(COC(=O)C/C=C\C/C=C\C/C=C\C/C=C\C/C=C\CC)OC(=O)CCCCCCCCCCCCC/C=C\CCCCCCCCCC. The number of unbranched alkanes of at least 4 members (excludes halogenated alkanes) is 25. The Kier molecular flexibility index (Phi) is 63.9. The molecule has 0 aliphatic carbocycles. The van der Waals surface area contributed by atoms with E-state index in [1.54, 1.807) is 6.08 Å². The molecule has 81 heavy (non-hydrogen) atoms. The highest BCUT2D eigenvalue weighted by Crippen LogP contribution is 2.16. The van der Waals surface area contributed by atoms with Crippen molar-refractivity contribution >= 4 is 17.9 Å². The summed E-state index contributed by atoms with van der Waals surface area (Å²) >= 11 is 0. The molecule has 0 saturated heterocycles. The van der Waals surface area contributed by atoms with E-state index in [1.807, 2.05) is 6.08 Å². The Bertz CT molecular complexity index is 1760. The monoisotopic (exact) mass is 1120 g/mol. The molecule has 0 rings (SSSR count). The van der Waals surface area contributed by atoms with Crippen molar-refractivity contribution in [2.45, 2.75) is 297 Å². The molecule has 0 aliphatic heterocycles. The molecule has 0 fully saturated rings. The van der Waals surface area contributed by atoms with Crippen molar-refractivity contribution in [1.29, 1.82) is 0 Å². The predicted octanol–water partition coefficient (Wildman–Crippen LogP) is 23.1. The minimum absolute atomic E-state index is 0.119. The van der Waals surface area contributed by atoms with Crippen LogP contribution >= 0.6 is 0 Å². The van der Waals surface area contributed by atoms with Gasteiger partial charge in [-0.1, -0.05) is 295 Å². The lowest BCUT2D eigenvalue weighted by Gasteiger charge is -2.18. The van der Waals surface area contributed by atoms with E-state index in [0.717, 1.165) is 122 Å². The minimum atomic E-state index is -0.832. The molecule has 6 heteroatoms. The number of rotatable bonds is 59. The highest BCUT2D eigenvalue weighted by atomic mass is 16.6. The molecule has 0 aliphatic rings. The fourth-order valence-corrected chi connectivity index (χ4v) is 8.93. The van der Waals surface area contributed by atoms with Crippen LogP contribution in [0.2, 0.25) is 0 Å². The molecular formula is C75H122O6. The van der Waals surface area contributed by atoms with Gasteiger partial charge in [0.2, 0.25) is 0 Å². The largest absolute Gasteiger partial charge is 0.462 e. The van der Waals surface area contributed by atoms with Gasteiger partial charge in [-0.05, 0) is 122 Å². The summed E-state index contributed by atoms with van der Waals surface area (Å²) in [7, 11) is 0. The third-order valence-corrected chi connectivity index (χ3v) is 13.8. The predicted molar refractivity (Wildman–Crippen MR) is 352 cm³/mol. The van der Waals surface area contributed by atoms with Crippen LogP contribution in [0, 0.1) is 0 Å².